The number of nitrogens with zero attached hydrogens (tertiary/aromatic N) is 1. The summed E-state index contributed by atoms with van der Waals surface area (Å²) in [6.45, 7) is 3.15. The molecule has 0 spiro atoms. The molecule has 1 atom stereocenters. The van der Waals surface area contributed by atoms with Gasteiger partial charge in [0.05, 0.1) is 6.61 Å². The smallest absolute Gasteiger partial charge is 0.123 e. The molecule has 0 aromatic heterocycles. The van der Waals surface area contributed by atoms with E-state index in [9.17, 15) is 4.39 Å². The predicted octanol–water partition coefficient (Wildman–Crippen LogP) is 2.83. The molecule has 1 aromatic carbocycles. The lowest BCUT2D eigenvalue weighted by atomic mass is 10.1. The van der Waals surface area contributed by atoms with E-state index in [1.807, 2.05) is 0 Å². The summed E-state index contributed by atoms with van der Waals surface area (Å²) in [5.41, 5.74) is 0. The van der Waals surface area contributed by atoms with Crippen molar-refractivity contribution in [1.82, 2.24) is 4.90 Å². The van der Waals surface area contributed by atoms with Crippen molar-refractivity contribution in [1.29, 1.82) is 0 Å². The van der Waals surface area contributed by atoms with Gasteiger partial charge in [-0.2, -0.15) is 0 Å². The molecule has 0 saturated carbocycles. The maximum absolute atomic E-state index is 12.7. The van der Waals surface area contributed by atoms with Gasteiger partial charge >= 0.3 is 0 Å². The van der Waals surface area contributed by atoms with Gasteiger partial charge in [-0.25, -0.2) is 4.39 Å². The first kappa shape index (κ1) is 15.3. The summed E-state index contributed by atoms with van der Waals surface area (Å²) in [5.74, 6) is 0.491. The Balaban J connectivity index is 1.63. The molecule has 20 heavy (non-hydrogen) atoms. The fourth-order valence-electron chi connectivity index (χ4n) is 2.83. The molecule has 1 aliphatic heterocycles. The van der Waals surface area contributed by atoms with Crippen LogP contribution in [0.4, 0.5) is 4.39 Å². The Hall–Kier alpha value is -1.13. The van der Waals surface area contributed by atoms with E-state index in [1.54, 1.807) is 12.1 Å². The average Bonchev–Trinajstić information content (AvgIpc) is 2.91. The van der Waals surface area contributed by atoms with Crippen LogP contribution in [-0.4, -0.2) is 42.4 Å². The zero-order chi connectivity index (χ0) is 14.2. The number of aliphatic hydroxyl groups is 1. The van der Waals surface area contributed by atoms with Crippen molar-refractivity contribution >= 4 is 0 Å². The highest BCUT2D eigenvalue weighted by Gasteiger charge is 2.23. The van der Waals surface area contributed by atoms with Crippen LogP contribution >= 0.6 is 0 Å². The van der Waals surface area contributed by atoms with E-state index < -0.39 is 0 Å². The van der Waals surface area contributed by atoms with Gasteiger partial charge in [0.2, 0.25) is 0 Å². The minimum atomic E-state index is -0.235. The minimum Gasteiger partial charge on any atom is -0.494 e. The van der Waals surface area contributed by atoms with Crippen LogP contribution in [0.2, 0.25) is 0 Å². The van der Waals surface area contributed by atoms with Crippen molar-refractivity contribution in [2.45, 2.75) is 38.1 Å². The van der Waals surface area contributed by atoms with E-state index in [4.69, 9.17) is 9.84 Å². The van der Waals surface area contributed by atoms with Crippen LogP contribution in [0.25, 0.3) is 0 Å². The molecule has 112 valence electrons. The summed E-state index contributed by atoms with van der Waals surface area (Å²) in [7, 11) is 0. The molecule has 0 bridgehead atoms. The Kier molecular flexibility index (Phi) is 6.27. The van der Waals surface area contributed by atoms with E-state index in [1.165, 1.54) is 25.0 Å². The van der Waals surface area contributed by atoms with Crippen molar-refractivity contribution in [3.63, 3.8) is 0 Å². The fraction of sp³-hybridized carbons (Fsp3) is 0.625. The summed E-state index contributed by atoms with van der Waals surface area (Å²) >= 11 is 0. The molecule has 1 heterocycles. The topological polar surface area (TPSA) is 32.7 Å². The van der Waals surface area contributed by atoms with Gasteiger partial charge in [0.25, 0.3) is 0 Å². The highest BCUT2D eigenvalue weighted by molar-refractivity contribution is 5.21. The molecule has 1 aromatic rings. The zero-order valence-corrected chi connectivity index (χ0v) is 11.9. The summed E-state index contributed by atoms with van der Waals surface area (Å²) in [6, 6.07) is 6.79. The Morgan fingerprint density at radius 3 is 2.80 bits per heavy atom. The van der Waals surface area contributed by atoms with Gasteiger partial charge in [0, 0.05) is 19.2 Å². The van der Waals surface area contributed by atoms with Crippen molar-refractivity contribution in [2.75, 3.05) is 26.3 Å². The first-order chi connectivity index (χ1) is 9.79. The zero-order valence-electron chi connectivity index (χ0n) is 11.9. The third-order valence-corrected chi connectivity index (χ3v) is 3.87. The number of hydrogen-bond donors (Lipinski definition) is 1. The SMILES string of the molecule is OCCCC1CCCN1CCCOc1ccc(F)cc1. The number of rotatable bonds is 8. The predicted molar refractivity (Wildman–Crippen MR) is 77.4 cm³/mol. The van der Waals surface area contributed by atoms with Crippen LogP contribution in [-0.2, 0) is 0 Å². The van der Waals surface area contributed by atoms with Crippen molar-refractivity contribution in [3.8, 4) is 5.75 Å². The van der Waals surface area contributed by atoms with Gasteiger partial charge in [-0.05, 0) is 62.9 Å². The van der Waals surface area contributed by atoms with Crippen LogP contribution in [0, 0.1) is 5.82 Å². The van der Waals surface area contributed by atoms with Gasteiger partial charge in [0.1, 0.15) is 11.6 Å². The molecule has 1 fully saturated rings. The summed E-state index contributed by atoms with van der Waals surface area (Å²) in [6.07, 6.45) is 5.48. The normalized spacial score (nSPS) is 19.4. The molecular formula is C16H24FNO2. The lowest BCUT2D eigenvalue weighted by molar-refractivity contribution is 0.199. The van der Waals surface area contributed by atoms with Crippen molar-refractivity contribution in [3.05, 3.63) is 30.1 Å². The van der Waals surface area contributed by atoms with E-state index >= 15 is 0 Å². The van der Waals surface area contributed by atoms with Crippen LogP contribution in [0.3, 0.4) is 0 Å². The molecule has 2 rings (SSSR count). The second-order valence-electron chi connectivity index (χ2n) is 5.35. The van der Waals surface area contributed by atoms with Crippen LogP contribution in [0.5, 0.6) is 5.75 Å². The Morgan fingerprint density at radius 1 is 1.25 bits per heavy atom. The highest BCUT2D eigenvalue weighted by atomic mass is 19.1. The highest BCUT2D eigenvalue weighted by Crippen LogP contribution is 2.21. The Bertz CT molecular complexity index is 383. The molecule has 1 saturated heterocycles. The fourth-order valence-corrected chi connectivity index (χ4v) is 2.83. The van der Waals surface area contributed by atoms with Gasteiger partial charge in [-0.1, -0.05) is 0 Å². The molecule has 1 unspecified atom stereocenters. The summed E-state index contributed by atoms with van der Waals surface area (Å²) in [4.78, 5) is 2.50. The van der Waals surface area contributed by atoms with Gasteiger partial charge < -0.3 is 14.7 Å². The third-order valence-electron chi connectivity index (χ3n) is 3.87. The number of halogens is 1. The van der Waals surface area contributed by atoms with Crippen molar-refractivity contribution < 1.29 is 14.2 Å². The second kappa shape index (κ2) is 8.22. The molecule has 3 nitrogen and oxygen atoms in total. The van der Waals surface area contributed by atoms with Gasteiger partial charge in [-0.15, -0.1) is 0 Å². The maximum Gasteiger partial charge on any atom is 0.123 e. The van der Waals surface area contributed by atoms with Gasteiger partial charge in [-0.3, -0.25) is 0 Å². The number of likely N-dealkylation sites (tertiary alicyclic amines) is 1. The van der Waals surface area contributed by atoms with Crippen LogP contribution in [0.1, 0.15) is 32.1 Å². The largest absolute Gasteiger partial charge is 0.494 e. The molecule has 1 aliphatic rings. The van der Waals surface area contributed by atoms with Crippen molar-refractivity contribution in [2.24, 2.45) is 0 Å². The number of aliphatic hydroxyl groups excluding tert-OH is 1. The van der Waals surface area contributed by atoms with E-state index in [0.717, 1.165) is 38.1 Å². The van der Waals surface area contributed by atoms with Crippen LogP contribution < -0.4 is 4.74 Å². The molecule has 0 radical (unpaired) electrons. The first-order valence-corrected chi connectivity index (χ1v) is 7.53. The first-order valence-electron chi connectivity index (χ1n) is 7.53. The average molecular weight is 281 g/mol. The molecule has 1 N–H and O–H groups in total. The lowest BCUT2D eigenvalue weighted by Gasteiger charge is -2.24. The summed E-state index contributed by atoms with van der Waals surface area (Å²) in [5, 5.41) is 8.91. The standard InChI is InChI=1S/C16H24FNO2/c17-14-6-8-16(9-7-14)20-13-3-11-18-10-1-4-15(18)5-2-12-19/h6-9,15,19H,1-5,10-13H2. The lowest BCUT2D eigenvalue weighted by Crippen LogP contribution is -2.31. The maximum atomic E-state index is 12.7. The Labute approximate surface area is 120 Å². The van der Waals surface area contributed by atoms with E-state index in [2.05, 4.69) is 4.90 Å². The van der Waals surface area contributed by atoms with Gasteiger partial charge in [0.15, 0.2) is 0 Å². The number of benzene rings is 1. The molecule has 4 heteroatoms. The van der Waals surface area contributed by atoms with E-state index in [0.29, 0.717) is 12.6 Å². The van der Waals surface area contributed by atoms with E-state index in [-0.39, 0.29) is 12.4 Å². The number of ether oxygens (including phenoxy) is 1. The summed E-state index contributed by atoms with van der Waals surface area (Å²) < 4.78 is 18.3. The third kappa shape index (κ3) is 4.76. The quantitative estimate of drug-likeness (QED) is 0.744. The number of hydrogen-bond acceptors (Lipinski definition) is 3. The van der Waals surface area contributed by atoms with Crippen LogP contribution in [0.15, 0.2) is 24.3 Å². The molecule has 0 amide bonds. The molecule has 0 aliphatic carbocycles. The monoisotopic (exact) mass is 281 g/mol. The minimum absolute atomic E-state index is 0.235. The Morgan fingerprint density at radius 2 is 2.05 bits per heavy atom. The second-order valence-corrected chi connectivity index (χ2v) is 5.35. The molecular weight excluding hydrogens is 257 g/mol.